The van der Waals surface area contributed by atoms with Crippen LogP contribution in [0.25, 0.3) is 0 Å². The summed E-state index contributed by atoms with van der Waals surface area (Å²) in [5.74, 6) is 0.865. The third-order valence-corrected chi connectivity index (χ3v) is 2.44. The molecular weight excluding hydrogens is 202 g/mol. The Kier molecular flexibility index (Phi) is 4.78. The van der Waals surface area contributed by atoms with Crippen molar-refractivity contribution in [3.05, 3.63) is 5.82 Å². The highest BCUT2D eigenvalue weighted by molar-refractivity contribution is 7.09. The second-order valence-electron chi connectivity index (χ2n) is 2.65. The number of hydrogen-bond donors (Lipinski definition) is 1. The summed E-state index contributed by atoms with van der Waals surface area (Å²) in [7, 11) is 3.21. The topological polar surface area (TPSA) is 56.3 Å². The average Bonchev–Trinajstić information content (AvgIpc) is 2.67. The fraction of sp³-hybridized carbons (Fsp3) is 0.750. The number of hydrogen-bond acceptors (Lipinski definition) is 6. The first kappa shape index (κ1) is 11.4. The van der Waals surface area contributed by atoms with E-state index in [4.69, 9.17) is 9.47 Å². The van der Waals surface area contributed by atoms with Crippen LogP contribution in [0.4, 0.5) is 5.13 Å². The van der Waals surface area contributed by atoms with Crippen molar-refractivity contribution in [1.82, 2.24) is 9.36 Å². The monoisotopic (exact) mass is 217 g/mol. The Labute approximate surface area is 87.6 Å². The summed E-state index contributed by atoms with van der Waals surface area (Å²) in [5, 5.41) is 3.90. The van der Waals surface area contributed by atoms with Gasteiger partial charge in [-0.25, -0.2) is 4.98 Å². The Hall–Kier alpha value is -0.720. The van der Waals surface area contributed by atoms with Gasteiger partial charge in [-0.05, 0) is 0 Å². The minimum Gasteiger partial charge on any atom is -0.355 e. The van der Waals surface area contributed by atoms with Crippen molar-refractivity contribution < 1.29 is 9.47 Å². The minimum atomic E-state index is -0.246. The predicted molar refractivity (Wildman–Crippen MR) is 55.6 cm³/mol. The molecule has 1 heterocycles. The van der Waals surface area contributed by atoms with Crippen molar-refractivity contribution in [2.45, 2.75) is 19.6 Å². The smallest absolute Gasteiger partial charge is 0.202 e. The van der Waals surface area contributed by atoms with Crippen LogP contribution in [-0.4, -0.2) is 36.4 Å². The molecule has 80 valence electrons. The molecule has 1 rings (SSSR count). The average molecular weight is 217 g/mol. The lowest BCUT2D eigenvalue weighted by Crippen LogP contribution is -2.23. The summed E-state index contributed by atoms with van der Waals surface area (Å²) < 4.78 is 14.2. The fourth-order valence-electron chi connectivity index (χ4n) is 0.903. The molecule has 0 saturated carbocycles. The summed E-state index contributed by atoms with van der Waals surface area (Å²) >= 11 is 1.35. The van der Waals surface area contributed by atoms with Crippen LogP contribution in [0.3, 0.4) is 0 Å². The van der Waals surface area contributed by atoms with Gasteiger partial charge in [-0.15, -0.1) is 0 Å². The molecule has 0 saturated heterocycles. The van der Waals surface area contributed by atoms with Gasteiger partial charge >= 0.3 is 0 Å². The molecule has 0 fully saturated rings. The summed E-state index contributed by atoms with van der Waals surface area (Å²) in [6, 6.07) is 0. The van der Waals surface area contributed by atoms with Crippen molar-refractivity contribution in [3.63, 3.8) is 0 Å². The van der Waals surface area contributed by atoms with Gasteiger partial charge in [-0.2, -0.15) is 4.37 Å². The number of rotatable bonds is 6. The van der Waals surface area contributed by atoms with E-state index in [1.54, 1.807) is 14.2 Å². The van der Waals surface area contributed by atoms with Gasteiger partial charge in [0.2, 0.25) is 5.13 Å². The Morgan fingerprint density at radius 1 is 1.43 bits per heavy atom. The van der Waals surface area contributed by atoms with Crippen LogP contribution >= 0.6 is 11.5 Å². The van der Waals surface area contributed by atoms with Gasteiger partial charge in [-0.3, -0.25) is 0 Å². The molecule has 1 aromatic rings. The Bertz CT molecular complexity index is 263. The van der Waals surface area contributed by atoms with E-state index in [0.29, 0.717) is 6.54 Å². The lowest BCUT2D eigenvalue weighted by molar-refractivity contribution is -0.0914. The zero-order valence-corrected chi connectivity index (χ0v) is 9.43. The maximum atomic E-state index is 5.03. The SMILES string of the molecule is CCc1nsc(NCC(OC)OC)n1. The summed E-state index contributed by atoms with van der Waals surface area (Å²) in [6.07, 6.45) is 0.611. The van der Waals surface area contributed by atoms with Crippen molar-refractivity contribution in [1.29, 1.82) is 0 Å². The summed E-state index contributed by atoms with van der Waals surface area (Å²) in [5.41, 5.74) is 0. The zero-order valence-electron chi connectivity index (χ0n) is 8.61. The second-order valence-corrected chi connectivity index (χ2v) is 3.40. The predicted octanol–water partition coefficient (Wildman–Crippen LogP) is 1.13. The Morgan fingerprint density at radius 3 is 2.64 bits per heavy atom. The standard InChI is InChI=1S/C8H15N3O2S/c1-4-6-10-8(14-11-6)9-5-7(12-2)13-3/h7H,4-5H2,1-3H3,(H,9,10,11). The van der Waals surface area contributed by atoms with Gasteiger partial charge in [0.1, 0.15) is 5.82 Å². The maximum Gasteiger partial charge on any atom is 0.202 e. The van der Waals surface area contributed by atoms with Crippen LogP contribution in [-0.2, 0) is 15.9 Å². The van der Waals surface area contributed by atoms with Gasteiger partial charge in [-0.1, -0.05) is 6.92 Å². The van der Waals surface area contributed by atoms with E-state index in [2.05, 4.69) is 14.7 Å². The molecule has 0 amide bonds. The lowest BCUT2D eigenvalue weighted by atomic mass is 10.5. The van der Waals surface area contributed by atoms with E-state index < -0.39 is 0 Å². The number of aryl methyl sites for hydroxylation is 1. The number of anilines is 1. The number of nitrogens with one attached hydrogen (secondary N) is 1. The Balaban J connectivity index is 2.37. The molecule has 0 bridgehead atoms. The first-order valence-electron chi connectivity index (χ1n) is 4.42. The molecule has 0 atom stereocenters. The van der Waals surface area contributed by atoms with Gasteiger partial charge in [0, 0.05) is 32.2 Å². The minimum absolute atomic E-state index is 0.246. The van der Waals surface area contributed by atoms with Gasteiger partial charge in [0.25, 0.3) is 0 Å². The van der Waals surface area contributed by atoms with E-state index in [-0.39, 0.29) is 6.29 Å². The second kappa shape index (κ2) is 5.90. The molecule has 6 heteroatoms. The summed E-state index contributed by atoms with van der Waals surface area (Å²) in [6.45, 7) is 2.60. The van der Waals surface area contributed by atoms with Gasteiger partial charge in [0.05, 0.1) is 6.54 Å². The fourth-order valence-corrected chi connectivity index (χ4v) is 1.56. The molecule has 14 heavy (non-hydrogen) atoms. The number of ether oxygens (including phenoxy) is 2. The van der Waals surface area contributed by atoms with Crippen molar-refractivity contribution in [3.8, 4) is 0 Å². The molecule has 0 unspecified atom stereocenters. The van der Waals surface area contributed by atoms with E-state index in [9.17, 15) is 0 Å². The molecule has 0 spiro atoms. The summed E-state index contributed by atoms with van der Waals surface area (Å²) in [4.78, 5) is 4.25. The molecule has 0 aromatic carbocycles. The first-order valence-corrected chi connectivity index (χ1v) is 5.19. The maximum absolute atomic E-state index is 5.03. The van der Waals surface area contributed by atoms with Crippen LogP contribution in [0.15, 0.2) is 0 Å². The normalized spacial score (nSPS) is 10.9. The van der Waals surface area contributed by atoms with E-state index in [1.165, 1.54) is 11.5 Å². The van der Waals surface area contributed by atoms with Crippen LogP contribution < -0.4 is 5.32 Å². The lowest BCUT2D eigenvalue weighted by Gasteiger charge is -2.12. The van der Waals surface area contributed by atoms with Crippen molar-refractivity contribution >= 4 is 16.7 Å². The molecular formula is C8H15N3O2S. The first-order chi connectivity index (χ1) is 6.80. The molecule has 0 aliphatic rings. The van der Waals surface area contributed by atoms with Crippen molar-refractivity contribution in [2.75, 3.05) is 26.1 Å². The van der Waals surface area contributed by atoms with Crippen LogP contribution in [0.5, 0.6) is 0 Å². The molecule has 0 aliphatic carbocycles. The van der Waals surface area contributed by atoms with Gasteiger partial charge in [0.15, 0.2) is 6.29 Å². The van der Waals surface area contributed by atoms with Crippen LogP contribution in [0.2, 0.25) is 0 Å². The number of aromatic nitrogens is 2. The van der Waals surface area contributed by atoms with Crippen molar-refractivity contribution in [2.24, 2.45) is 0 Å². The van der Waals surface area contributed by atoms with Crippen LogP contribution in [0, 0.1) is 0 Å². The highest BCUT2D eigenvalue weighted by atomic mass is 32.1. The molecule has 0 radical (unpaired) electrons. The highest BCUT2D eigenvalue weighted by Crippen LogP contribution is 2.11. The quantitative estimate of drug-likeness (QED) is 0.724. The van der Waals surface area contributed by atoms with E-state index in [1.807, 2.05) is 6.92 Å². The highest BCUT2D eigenvalue weighted by Gasteiger charge is 2.06. The largest absolute Gasteiger partial charge is 0.355 e. The Morgan fingerprint density at radius 2 is 2.14 bits per heavy atom. The molecule has 5 nitrogen and oxygen atoms in total. The molecule has 0 aliphatic heterocycles. The van der Waals surface area contributed by atoms with E-state index >= 15 is 0 Å². The third kappa shape index (κ3) is 3.21. The molecule has 1 aromatic heterocycles. The van der Waals surface area contributed by atoms with Gasteiger partial charge < -0.3 is 14.8 Å². The van der Waals surface area contributed by atoms with Crippen LogP contribution in [0.1, 0.15) is 12.7 Å². The zero-order chi connectivity index (χ0) is 10.4. The third-order valence-electron chi connectivity index (χ3n) is 1.73. The number of nitrogens with zero attached hydrogens (tertiary/aromatic N) is 2. The number of methoxy groups -OCH3 is 2. The molecule has 1 N–H and O–H groups in total. The van der Waals surface area contributed by atoms with E-state index in [0.717, 1.165) is 17.4 Å².